The molecule has 594 valence electrons. The number of ether oxygens (including phenoxy) is 4. The minimum absolute atomic E-state index is 0.108. The molecule has 0 rings (SSSR count). The Hall–Kier alpha value is -1.94. The van der Waals surface area contributed by atoms with E-state index in [0.717, 1.165) is 89.9 Å². The first-order chi connectivity index (χ1) is 48.7. The number of phosphoric acid groups is 2. The second-order valence-electron chi connectivity index (χ2n) is 29.2. The lowest BCUT2D eigenvalue weighted by Crippen LogP contribution is -2.30. The van der Waals surface area contributed by atoms with E-state index in [9.17, 15) is 43.2 Å². The van der Waals surface area contributed by atoms with Crippen LogP contribution in [0.1, 0.15) is 439 Å². The highest BCUT2D eigenvalue weighted by molar-refractivity contribution is 7.47. The van der Waals surface area contributed by atoms with Crippen LogP contribution in [0.15, 0.2) is 0 Å². The van der Waals surface area contributed by atoms with Crippen molar-refractivity contribution >= 4 is 39.5 Å². The van der Waals surface area contributed by atoms with Crippen molar-refractivity contribution in [2.24, 2.45) is 0 Å². The molecule has 0 aromatic heterocycles. The van der Waals surface area contributed by atoms with E-state index in [1.54, 1.807) is 0 Å². The zero-order chi connectivity index (χ0) is 73.2. The first kappa shape index (κ1) is 98.1. The van der Waals surface area contributed by atoms with Gasteiger partial charge in [0.2, 0.25) is 0 Å². The average molecular weight is 1470 g/mol. The predicted molar refractivity (Wildman–Crippen MR) is 409 cm³/mol. The molecule has 0 saturated heterocycles. The van der Waals surface area contributed by atoms with Gasteiger partial charge in [-0.2, -0.15) is 0 Å². The zero-order valence-corrected chi connectivity index (χ0v) is 67.0. The average Bonchev–Trinajstić information content (AvgIpc) is 0.936. The van der Waals surface area contributed by atoms with E-state index in [1.165, 1.54) is 270 Å². The minimum atomic E-state index is -4.96. The van der Waals surface area contributed by atoms with Crippen molar-refractivity contribution in [3.8, 4) is 0 Å². The summed E-state index contributed by atoms with van der Waals surface area (Å²) in [6.07, 6.45) is 68.1. The van der Waals surface area contributed by atoms with Crippen LogP contribution in [0.25, 0.3) is 0 Å². The highest BCUT2D eigenvalue weighted by atomic mass is 31.2. The Labute approximate surface area is 613 Å². The van der Waals surface area contributed by atoms with Gasteiger partial charge in [0, 0.05) is 25.7 Å². The summed E-state index contributed by atoms with van der Waals surface area (Å²) < 4.78 is 68.6. The van der Waals surface area contributed by atoms with Crippen LogP contribution in [-0.2, 0) is 65.4 Å². The number of phosphoric ester groups is 2. The number of unbranched alkanes of at least 4 members (excludes halogenated alkanes) is 56. The van der Waals surface area contributed by atoms with Gasteiger partial charge in [0.1, 0.15) is 19.3 Å². The Bertz CT molecular complexity index is 1890. The van der Waals surface area contributed by atoms with Crippen LogP contribution < -0.4 is 0 Å². The molecule has 3 N–H and O–H groups in total. The third-order valence-corrected chi connectivity index (χ3v) is 21.0. The highest BCUT2D eigenvalue weighted by Crippen LogP contribution is 2.45. The summed E-state index contributed by atoms with van der Waals surface area (Å²) in [6, 6.07) is 0. The summed E-state index contributed by atoms with van der Waals surface area (Å²) in [6.45, 7) is 5.00. The molecule has 0 spiro atoms. The number of hydrogen-bond donors (Lipinski definition) is 3. The number of aliphatic hydroxyl groups excluding tert-OH is 1. The lowest BCUT2D eigenvalue weighted by Gasteiger charge is -2.21. The molecule has 0 aliphatic carbocycles. The summed E-state index contributed by atoms with van der Waals surface area (Å²) in [5.41, 5.74) is 0. The van der Waals surface area contributed by atoms with Crippen molar-refractivity contribution in [3.05, 3.63) is 0 Å². The van der Waals surface area contributed by atoms with Gasteiger partial charge >= 0.3 is 39.5 Å². The highest BCUT2D eigenvalue weighted by Gasteiger charge is 2.30. The molecule has 17 nitrogen and oxygen atoms in total. The molecule has 0 amide bonds. The molecule has 5 atom stereocenters. The number of aliphatic hydroxyl groups is 1. The fraction of sp³-hybridized carbons (Fsp3) is 0.951. The van der Waals surface area contributed by atoms with E-state index >= 15 is 0 Å². The van der Waals surface area contributed by atoms with Gasteiger partial charge in [-0.1, -0.05) is 387 Å². The zero-order valence-electron chi connectivity index (χ0n) is 65.2. The molecule has 0 fully saturated rings. The normalized spacial score (nSPS) is 13.8. The van der Waals surface area contributed by atoms with Crippen molar-refractivity contribution in [1.29, 1.82) is 0 Å². The molecule has 0 aliphatic heterocycles. The minimum Gasteiger partial charge on any atom is -0.462 e. The summed E-state index contributed by atoms with van der Waals surface area (Å²) in [4.78, 5) is 72.9. The Morgan fingerprint density at radius 3 is 0.590 bits per heavy atom. The quantitative estimate of drug-likeness (QED) is 0.0222. The van der Waals surface area contributed by atoms with Crippen LogP contribution in [-0.4, -0.2) is 96.7 Å². The molecule has 0 bridgehead atoms. The first-order valence-electron chi connectivity index (χ1n) is 42.3. The maximum absolute atomic E-state index is 13.1. The molecular weight excluding hydrogens is 1310 g/mol. The first-order valence-corrected chi connectivity index (χ1v) is 45.3. The molecule has 0 aromatic rings. The van der Waals surface area contributed by atoms with Crippen LogP contribution in [0.5, 0.6) is 0 Å². The van der Waals surface area contributed by atoms with Crippen molar-refractivity contribution in [2.45, 2.75) is 457 Å². The van der Waals surface area contributed by atoms with Crippen LogP contribution in [0.2, 0.25) is 0 Å². The lowest BCUT2D eigenvalue weighted by atomic mass is 10.0. The largest absolute Gasteiger partial charge is 0.472 e. The van der Waals surface area contributed by atoms with E-state index in [4.69, 9.17) is 37.0 Å². The molecule has 0 radical (unpaired) electrons. The molecule has 19 heteroatoms. The Morgan fingerprint density at radius 1 is 0.240 bits per heavy atom. The molecule has 100 heavy (non-hydrogen) atoms. The van der Waals surface area contributed by atoms with E-state index < -0.39 is 97.5 Å². The van der Waals surface area contributed by atoms with E-state index in [1.807, 2.05) is 0 Å². The molecular formula is C81H158O17P2. The Morgan fingerprint density at radius 2 is 0.400 bits per heavy atom. The van der Waals surface area contributed by atoms with Gasteiger partial charge in [-0.15, -0.1) is 0 Å². The van der Waals surface area contributed by atoms with Crippen LogP contribution >= 0.6 is 15.6 Å². The number of hydrogen-bond acceptors (Lipinski definition) is 15. The fourth-order valence-electron chi connectivity index (χ4n) is 12.6. The maximum Gasteiger partial charge on any atom is 0.472 e. The van der Waals surface area contributed by atoms with Gasteiger partial charge < -0.3 is 33.8 Å². The molecule has 0 saturated carbocycles. The number of carbonyl (C=O) groups excluding carboxylic acids is 4. The molecule has 2 unspecified atom stereocenters. The van der Waals surface area contributed by atoms with Gasteiger partial charge in [0.15, 0.2) is 12.2 Å². The topological polar surface area (TPSA) is 237 Å². The Kier molecular flexibility index (Phi) is 73.8. The van der Waals surface area contributed by atoms with Gasteiger partial charge in [-0.05, 0) is 25.7 Å². The van der Waals surface area contributed by atoms with E-state index in [-0.39, 0.29) is 25.7 Å². The molecule has 0 heterocycles. The maximum atomic E-state index is 13.1. The van der Waals surface area contributed by atoms with E-state index in [0.29, 0.717) is 25.7 Å². The number of esters is 4. The van der Waals surface area contributed by atoms with Gasteiger partial charge in [0.25, 0.3) is 0 Å². The van der Waals surface area contributed by atoms with Gasteiger partial charge in [0.05, 0.1) is 26.4 Å². The van der Waals surface area contributed by atoms with Crippen molar-refractivity contribution in [3.63, 3.8) is 0 Å². The third-order valence-electron chi connectivity index (χ3n) is 19.1. The summed E-state index contributed by atoms with van der Waals surface area (Å²) in [5.74, 6) is -2.11. The van der Waals surface area contributed by atoms with E-state index in [2.05, 4.69) is 27.7 Å². The van der Waals surface area contributed by atoms with Gasteiger partial charge in [-0.25, -0.2) is 9.13 Å². The van der Waals surface area contributed by atoms with Crippen molar-refractivity contribution < 1.29 is 80.2 Å². The summed E-state index contributed by atoms with van der Waals surface area (Å²) in [7, 11) is -9.91. The van der Waals surface area contributed by atoms with Crippen LogP contribution in [0.4, 0.5) is 0 Å². The number of carbonyl (C=O) groups is 4. The third kappa shape index (κ3) is 74.3. The molecule has 0 aromatic carbocycles. The van der Waals surface area contributed by atoms with Gasteiger partial charge in [-0.3, -0.25) is 37.3 Å². The van der Waals surface area contributed by atoms with Crippen LogP contribution in [0, 0.1) is 0 Å². The van der Waals surface area contributed by atoms with Crippen molar-refractivity contribution in [1.82, 2.24) is 0 Å². The Balaban J connectivity index is 5.19. The standard InChI is InChI=1S/C81H158O17P2/c1-5-9-13-17-21-25-28-31-33-35-37-38-39-41-43-45-48-52-56-60-64-68-81(86)98-77(72-92-79(84)66-62-58-54-50-47-44-42-40-36-34-32-29-26-22-18-14-10-6-2)74-96-100(89,90)94-70-75(82)69-93-99(87,88)95-73-76(71-91-78(83)65-61-57-53-49-24-20-16-12-8-4)97-80(85)67-63-59-55-51-46-30-27-23-19-15-11-7-3/h75-77,82H,5-74H2,1-4H3,(H,87,88)(H,89,90)/t75-,76+,77+/m0/s1. The summed E-state index contributed by atoms with van der Waals surface area (Å²) in [5, 5.41) is 10.6. The monoisotopic (exact) mass is 1470 g/mol. The second-order valence-corrected chi connectivity index (χ2v) is 32.1. The SMILES string of the molecule is CCCCCCCCCCCCCCCCCCCCCCCC(=O)O[C@H](COC(=O)CCCCCCCCCCCCCCCCCCCC)COP(=O)(O)OC[C@@H](O)COP(=O)(O)OC[C@@H](COC(=O)CCCCCCCCCCC)OC(=O)CCCCCCCCCCCCCC. The number of rotatable bonds is 82. The predicted octanol–water partition coefficient (Wildman–Crippen LogP) is 24.6. The lowest BCUT2D eigenvalue weighted by molar-refractivity contribution is -0.161. The smallest absolute Gasteiger partial charge is 0.462 e. The van der Waals surface area contributed by atoms with Crippen molar-refractivity contribution in [2.75, 3.05) is 39.6 Å². The van der Waals surface area contributed by atoms with Crippen LogP contribution in [0.3, 0.4) is 0 Å². The fourth-order valence-corrected chi connectivity index (χ4v) is 14.2. The summed E-state index contributed by atoms with van der Waals surface area (Å²) >= 11 is 0. The molecule has 0 aliphatic rings. The second kappa shape index (κ2) is 75.3.